The molecule has 0 spiro atoms. The van der Waals surface area contributed by atoms with Gasteiger partial charge in [-0.05, 0) is 20.8 Å². The molecule has 0 radical (unpaired) electrons. The van der Waals surface area contributed by atoms with Crippen molar-refractivity contribution in [1.29, 1.82) is 0 Å². The van der Waals surface area contributed by atoms with Crippen molar-refractivity contribution in [2.75, 3.05) is 26.4 Å². The summed E-state index contributed by atoms with van der Waals surface area (Å²) in [4.78, 5) is 58.8. The van der Waals surface area contributed by atoms with Gasteiger partial charge in [0, 0.05) is 6.61 Å². The third kappa shape index (κ3) is 10.9. The third-order valence-electron chi connectivity index (χ3n) is 2.66. The summed E-state index contributed by atoms with van der Waals surface area (Å²) in [5.74, 6) is -6.03. The zero-order valence-corrected chi connectivity index (χ0v) is 14.5. The molecule has 0 aliphatic rings. The Morgan fingerprint density at radius 3 is 1.48 bits per heavy atom. The number of hydrogen-bond donors (Lipinski definition) is 0. The molecule has 0 aliphatic carbocycles. The fraction of sp³-hybridized carbons (Fsp3) is 0.625. The zero-order valence-electron chi connectivity index (χ0n) is 14.5. The summed E-state index contributed by atoms with van der Waals surface area (Å²) in [5, 5.41) is 0. The molecule has 0 rings (SSSR count). The summed E-state index contributed by atoms with van der Waals surface area (Å²) < 4.78 is 21.6. The predicted octanol–water partition coefficient (Wildman–Crippen LogP) is 0.215. The van der Waals surface area contributed by atoms with Crippen LogP contribution in [0.2, 0.25) is 0 Å². The second kappa shape index (κ2) is 15.2. The summed E-state index contributed by atoms with van der Waals surface area (Å²) in [5.41, 5.74) is 0. The first-order chi connectivity index (χ1) is 11.9. The van der Waals surface area contributed by atoms with Gasteiger partial charge in [-0.3, -0.25) is 24.0 Å². The van der Waals surface area contributed by atoms with E-state index in [1.165, 1.54) is 0 Å². The molecule has 0 saturated heterocycles. The van der Waals surface area contributed by atoms with Gasteiger partial charge in [0.25, 0.3) is 0 Å². The number of ketones is 3. The maximum atomic E-state index is 12.1. The van der Waals surface area contributed by atoms with Crippen LogP contribution in [0.25, 0.3) is 0 Å². The van der Waals surface area contributed by atoms with Crippen LogP contribution in [0.15, 0.2) is 0 Å². The average molecular weight is 358 g/mol. The molecule has 0 aromatic carbocycles. The Morgan fingerprint density at radius 1 is 0.760 bits per heavy atom. The number of Topliss-reactive ketones (excluding diaryl/α,β-unsaturated/α-hetero) is 3. The van der Waals surface area contributed by atoms with Crippen molar-refractivity contribution in [3.05, 3.63) is 6.65 Å². The number of ether oxygens (including phenoxy) is 3. The molecule has 0 atom stereocenters. The Balaban J connectivity index is 0. The van der Waals surface area contributed by atoms with Crippen LogP contribution < -0.4 is 0 Å². The Labute approximate surface area is 145 Å². The summed E-state index contributed by atoms with van der Waals surface area (Å²) in [6.07, 6.45) is -1.43. The minimum atomic E-state index is -1.73. The number of carbonyl (C=O) groups is 5. The van der Waals surface area contributed by atoms with Crippen LogP contribution in [0.4, 0.5) is 0 Å². The van der Waals surface area contributed by atoms with E-state index < -0.39 is 54.7 Å². The van der Waals surface area contributed by atoms with Crippen molar-refractivity contribution in [2.24, 2.45) is 5.92 Å². The first-order valence-electron chi connectivity index (χ1n) is 7.54. The molecule has 0 fully saturated rings. The topological polar surface area (TPSA) is 133 Å². The third-order valence-corrected chi connectivity index (χ3v) is 2.66. The van der Waals surface area contributed by atoms with Gasteiger partial charge in [0.05, 0.1) is 13.2 Å². The first-order valence-corrected chi connectivity index (χ1v) is 7.54. The zero-order chi connectivity index (χ0) is 19.8. The molecule has 9 nitrogen and oxygen atoms in total. The fourth-order valence-corrected chi connectivity index (χ4v) is 1.74. The van der Waals surface area contributed by atoms with E-state index in [-0.39, 0.29) is 19.8 Å². The van der Waals surface area contributed by atoms with Crippen LogP contribution in [0, 0.1) is 12.6 Å². The van der Waals surface area contributed by atoms with E-state index in [4.69, 9.17) is 9.39 Å². The van der Waals surface area contributed by atoms with Gasteiger partial charge in [-0.1, -0.05) is 0 Å². The fourth-order valence-electron chi connectivity index (χ4n) is 1.74. The molecule has 140 valence electrons. The second-order valence-electron chi connectivity index (χ2n) is 4.43. The Morgan fingerprint density at radius 2 is 1.16 bits per heavy atom. The Bertz CT molecular complexity index is 461. The first kappa shape index (κ1) is 24.9. The number of esters is 2. The Kier molecular flexibility index (Phi) is 15.1. The van der Waals surface area contributed by atoms with E-state index in [2.05, 4.69) is 16.1 Å². The van der Waals surface area contributed by atoms with Gasteiger partial charge in [0.2, 0.25) is 0 Å². The van der Waals surface area contributed by atoms with Crippen LogP contribution in [-0.4, -0.2) is 55.7 Å². The molecule has 0 amide bonds. The van der Waals surface area contributed by atoms with E-state index in [0.717, 1.165) is 0 Å². The van der Waals surface area contributed by atoms with Crippen molar-refractivity contribution in [3.8, 4) is 0 Å². The number of carbonyl (C=O) groups excluding carboxylic acids is 5. The van der Waals surface area contributed by atoms with Gasteiger partial charge in [-0.25, -0.2) is 0 Å². The average Bonchev–Trinajstić information content (AvgIpc) is 2.55. The summed E-state index contributed by atoms with van der Waals surface area (Å²) in [6, 6.07) is 0. The Hall–Kier alpha value is -2.35. The molecule has 9 heteroatoms. The molecule has 0 aliphatic heterocycles. The molecular weight excluding hydrogens is 336 g/mol. The summed E-state index contributed by atoms with van der Waals surface area (Å²) >= 11 is 0. The van der Waals surface area contributed by atoms with Gasteiger partial charge in [0.15, 0.2) is 17.3 Å². The van der Waals surface area contributed by atoms with Gasteiger partial charge >= 0.3 is 23.2 Å². The van der Waals surface area contributed by atoms with Crippen LogP contribution in [-0.2, 0) is 42.8 Å². The van der Waals surface area contributed by atoms with Crippen LogP contribution in [0.1, 0.15) is 33.6 Å². The van der Waals surface area contributed by atoms with Crippen LogP contribution in [0.3, 0.4) is 0 Å². The monoisotopic (exact) mass is 358 g/mol. The summed E-state index contributed by atoms with van der Waals surface area (Å²) in [7, 11) is 0. The number of rotatable bonds is 12. The standard InChI is InChI=1S/C15H22O8.CO/c1-4-21-9-12(18)15(10(16)7-13(19)22-5-2)11(17)8-14(20)23-6-3;1-2/h15H,4-9H2,1-3H3;. The SMILES string of the molecule is CCOCC(=O)C(C(=O)CC(=O)OCC)C(=O)CC(=O)OCC.[C-]#[O+]. The van der Waals surface area contributed by atoms with Crippen molar-refractivity contribution in [3.63, 3.8) is 0 Å². The normalized spacial score (nSPS) is 9.52. The molecule has 0 N–H and O–H groups in total. The van der Waals surface area contributed by atoms with E-state index >= 15 is 0 Å². The van der Waals surface area contributed by atoms with E-state index in [1.807, 2.05) is 0 Å². The van der Waals surface area contributed by atoms with Crippen LogP contribution in [0.5, 0.6) is 0 Å². The van der Waals surface area contributed by atoms with Crippen molar-refractivity contribution >= 4 is 29.3 Å². The molecule has 0 saturated carbocycles. The van der Waals surface area contributed by atoms with Crippen molar-refractivity contribution in [2.45, 2.75) is 33.6 Å². The van der Waals surface area contributed by atoms with Gasteiger partial charge < -0.3 is 14.2 Å². The number of hydrogen-bond acceptors (Lipinski definition) is 8. The van der Waals surface area contributed by atoms with E-state index in [1.54, 1.807) is 20.8 Å². The minimum absolute atomic E-state index is 0.0699. The van der Waals surface area contributed by atoms with Gasteiger partial charge in [-0.2, -0.15) is 0 Å². The summed E-state index contributed by atoms with van der Waals surface area (Å²) in [6.45, 7) is 9.17. The van der Waals surface area contributed by atoms with Gasteiger partial charge in [0.1, 0.15) is 25.4 Å². The molecule has 0 aromatic rings. The van der Waals surface area contributed by atoms with Crippen LogP contribution >= 0.6 is 0 Å². The quantitative estimate of drug-likeness (QED) is 0.209. The molecule has 25 heavy (non-hydrogen) atoms. The van der Waals surface area contributed by atoms with Gasteiger partial charge in [-0.15, -0.1) is 0 Å². The molecular formula is C16H22O9. The molecule has 0 heterocycles. The molecule has 0 bridgehead atoms. The van der Waals surface area contributed by atoms with Crippen molar-refractivity contribution < 1.29 is 42.8 Å². The van der Waals surface area contributed by atoms with E-state index in [0.29, 0.717) is 0 Å². The van der Waals surface area contributed by atoms with E-state index in [9.17, 15) is 24.0 Å². The predicted molar refractivity (Wildman–Crippen MR) is 81.4 cm³/mol. The molecule has 0 unspecified atom stereocenters. The molecule has 0 aromatic heterocycles. The second-order valence-corrected chi connectivity index (χ2v) is 4.43. The van der Waals surface area contributed by atoms with Crippen molar-refractivity contribution in [1.82, 2.24) is 0 Å². The maximum absolute atomic E-state index is 12.1.